The monoisotopic (exact) mass is 401 g/mol. The summed E-state index contributed by atoms with van der Waals surface area (Å²) in [4.78, 5) is 26.3. The number of hydrogen-bond donors (Lipinski definition) is 2. The molecule has 162 valence electrons. The van der Waals surface area contributed by atoms with Gasteiger partial charge >= 0.3 is 6.03 Å². The van der Waals surface area contributed by atoms with E-state index in [1.807, 2.05) is 31.9 Å². The van der Waals surface area contributed by atoms with Crippen LogP contribution in [0.3, 0.4) is 0 Å². The Balaban J connectivity index is 1.49. The molecule has 0 aromatic rings. The Hall–Kier alpha value is -1.52. The van der Waals surface area contributed by atoms with Crippen molar-refractivity contribution in [1.29, 1.82) is 0 Å². The van der Waals surface area contributed by atoms with Gasteiger partial charge in [0, 0.05) is 31.1 Å². The van der Waals surface area contributed by atoms with E-state index >= 15 is 0 Å². The molecule has 0 aromatic carbocycles. The molecule has 29 heavy (non-hydrogen) atoms. The highest BCUT2D eigenvalue weighted by Gasteiger charge is 2.60. The summed E-state index contributed by atoms with van der Waals surface area (Å²) in [7, 11) is 1.99. The zero-order valence-corrected chi connectivity index (χ0v) is 18.8. The van der Waals surface area contributed by atoms with Gasteiger partial charge in [0.25, 0.3) is 0 Å². The molecular weight excluding hydrogens is 362 g/mol. The van der Waals surface area contributed by atoms with Crippen LogP contribution in [0.5, 0.6) is 0 Å². The molecule has 0 aromatic heterocycles. The third kappa shape index (κ3) is 3.29. The van der Waals surface area contributed by atoms with Crippen molar-refractivity contribution in [3.8, 4) is 0 Å². The minimum absolute atomic E-state index is 0.0335. The van der Waals surface area contributed by atoms with E-state index in [4.69, 9.17) is 0 Å². The third-order valence-corrected chi connectivity index (χ3v) is 9.25. The van der Waals surface area contributed by atoms with E-state index in [9.17, 15) is 9.59 Å². The number of hydrogen-bond acceptors (Lipinski definition) is 2. The summed E-state index contributed by atoms with van der Waals surface area (Å²) >= 11 is 0. The smallest absolute Gasteiger partial charge is 0.314 e. The number of rotatable bonds is 3. The molecule has 3 amide bonds. The normalized spacial score (nSPS) is 43.6. The van der Waals surface area contributed by atoms with Gasteiger partial charge in [-0.25, -0.2) is 4.79 Å². The Morgan fingerprint density at radius 3 is 2.66 bits per heavy atom. The standard InChI is InChI=1S/C24H39N3O2/c1-15(2)26-22(29)25-14-16-6-8-18-17-7-9-20-24(4,13-11-21(28)27(20)5)19(17)10-12-23(16,18)3/h11,13,15-20H,6-10,12,14H2,1-5H3,(H2,25,26,29)/t16?,17-,18-,19+,20?,23+,24+/m0/s1. The summed E-state index contributed by atoms with van der Waals surface area (Å²) in [6.07, 6.45) is 11.4. The minimum Gasteiger partial charge on any atom is -0.338 e. The van der Waals surface area contributed by atoms with Crippen LogP contribution in [0, 0.1) is 34.5 Å². The second-order valence-corrected chi connectivity index (χ2v) is 10.9. The molecule has 0 bridgehead atoms. The SMILES string of the molecule is CC(C)NC(=O)NCC1CC[C@H]2[C@@H]3CCC4N(C)C(=O)C=C[C@]4(C)[C@@H]3CC[C@]12C. The number of amides is 3. The van der Waals surface area contributed by atoms with Crippen molar-refractivity contribution in [2.75, 3.05) is 13.6 Å². The molecule has 7 atom stereocenters. The molecule has 4 aliphatic rings. The van der Waals surface area contributed by atoms with Crippen molar-refractivity contribution < 1.29 is 9.59 Å². The van der Waals surface area contributed by atoms with Crippen molar-refractivity contribution in [2.45, 2.75) is 78.3 Å². The van der Waals surface area contributed by atoms with Gasteiger partial charge in [0.2, 0.25) is 5.91 Å². The zero-order chi connectivity index (χ0) is 21.0. The first-order valence-corrected chi connectivity index (χ1v) is 11.7. The Morgan fingerprint density at radius 2 is 1.93 bits per heavy atom. The van der Waals surface area contributed by atoms with Gasteiger partial charge in [-0.15, -0.1) is 0 Å². The number of carbonyl (C=O) groups excluding carboxylic acids is 2. The number of likely N-dealkylation sites (N-methyl/N-ethyl adjacent to an activating group) is 1. The number of nitrogens with zero attached hydrogens (tertiary/aromatic N) is 1. The lowest BCUT2D eigenvalue weighted by atomic mass is 9.47. The van der Waals surface area contributed by atoms with Gasteiger partial charge in [-0.1, -0.05) is 19.9 Å². The molecule has 5 heteroatoms. The fourth-order valence-electron chi connectivity index (χ4n) is 7.71. The van der Waals surface area contributed by atoms with E-state index in [0.717, 1.165) is 24.8 Å². The Morgan fingerprint density at radius 1 is 1.17 bits per heavy atom. The predicted molar refractivity (Wildman–Crippen MR) is 115 cm³/mol. The summed E-state index contributed by atoms with van der Waals surface area (Å²) in [6.45, 7) is 9.68. The Bertz CT molecular complexity index is 704. The predicted octanol–water partition coefficient (Wildman–Crippen LogP) is 3.95. The quantitative estimate of drug-likeness (QED) is 0.752. The topological polar surface area (TPSA) is 61.4 Å². The van der Waals surface area contributed by atoms with Crippen LogP contribution in [0.2, 0.25) is 0 Å². The summed E-state index contributed by atoms with van der Waals surface area (Å²) in [6, 6.07) is 0.486. The highest BCUT2D eigenvalue weighted by Crippen LogP contribution is 2.65. The summed E-state index contributed by atoms with van der Waals surface area (Å²) in [5.41, 5.74) is 0.440. The third-order valence-electron chi connectivity index (χ3n) is 9.25. The van der Waals surface area contributed by atoms with Crippen molar-refractivity contribution in [3.63, 3.8) is 0 Å². The van der Waals surface area contributed by atoms with Gasteiger partial charge in [0.05, 0.1) is 0 Å². The van der Waals surface area contributed by atoms with Crippen molar-refractivity contribution in [1.82, 2.24) is 15.5 Å². The zero-order valence-electron chi connectivity index (χ0n) is 18.8. The average Bonchev–Trinajstić information content (AvgIpc) is 2.99. The van der Waals surface area contributed by atoms with Crippen LogP contribution in [0.1, 0.15) is 66.2 Å². The fourth-order valence-corrected chi connectivity index (χ4v) is 7.71. The van der Waals surface area contributed by atoms with Crippen LogP contribution >= 0.6 is 0 Å². The highest BCUT2D eigenvalue weighted by molar-refractivity contribution is 5.89. The maximum atomic E-state index is 12.2. The largest absolute Gasteiger partial charge is 0.338 e. The summed E-state index contributed by atoms with van der Waals surface area (Å²) in [5, 5.41) is 6.09. The van der Waals surface area contributed by atoms with Crippen LogP contribution < -0.4 is 10.6 Å². The first-order chi connectivity index (χ1) is 13.7. The number of fused-ring (bicyclic) bond motifs is 5. The van der Waals surface area contributed by atoms with Crippen molar-refractivity contribution >= 4 is 11.9 Å². The molecular formula is C24H39N3O2. The summed E-state index contributed by atoms with van der Waals surface area (Å²) in [5.74, 6) is 2.90. The van der Waals surface area contributed by atoms with E-state index in [0.29, 0.717) is 23.3 Å². The highest BCUT2D eigenvalue weighted by atomic mass is 16.2. The van der Waals surface area contributed by atoms with Gasteiger partial charge < -0.3 is 15.5 Å². The molecule has 2 N–H and O–H groups in total. The van der Waals surface area contributed by atoms with E-state index < -0.39 is 0 Å². The van der Waals surface area contributed by atoms with Crippen LogP contribution in [0.25, 0.3) is 0 Å². The second-order valence-electron chi connectivity index (χ2n) is 10.9. The van der Waals surface area contributed by atoms with Crippen LogP contribution in [-0.4, -0.2) is 42.5 Å². The first-order valence-electron chi connectivity index (χ1n) is 11.7. The first kappa shape index (κ1) is 20.7. The molecule has 0 saturated heterocycles. The van der Waals surface area contributed by atoms with E-state index in [2.05, 4.69) is 30.6 Å². The lowest BCUT2D eigenvalue weighted by Gasteiger charge is -2.60. The molecule has 4 rings (SSSR count). The minimum atomic E-state index is -0.0335. The van der Waals surface area contributed by atoms with Gasteiger partial charge in [-0.2, -0.15) is 0 Å². The molecule has 3 fully saturated rings. The van der Waals surface area contributed by atoms with E-state index in [1.54, 1.807) is 0 Å². The molecule has 0 radical (unpaired) electrons. The molecule has 3 aliphatic carbocycles. The second kappa shape index (κ2) is 7.31. The maximum absolute atomic E-state index is 12.2. The Labute approximate surface area is 176 Å². The molecule has 1 heterocycles. The van der Waals surface area contributed by atoms with E-state index in [1.165, 1.54) is 32.1 Å². The van der Waals surface area contributed by atoms with Gasteiger partial charge in [-0.05, 0) is 87.5 Å². The van der Waals surface area contributed by atoms with Gasteiger partial charge in [0.1, 0.15) is 0 Å². The molecule has 2 unspecified atom stereocenters. The fraction of sp³-hybridized carbons (Fsp3) is 0.833. The molecule has 3 saturated carbocycles. The lowest BCUT2D eigenvalue weighted by Crippen LogP contribution is -2.59. The van der Waals surface area contributed by atoms with Crippen molar-refractivity contribution in [3.05, 3.63) is 12.2 Å². The molecule has 1 aliphatic heterocycles. The average molecular weight is 402 g/mol. The lowest BCUT2D eigenvalue weighted by molar-refractivity contribution is -0.138. The molecule has 0 spiro atoms. The number of urea groups is 1. The van der Waals surface area contributed by atoms with Crippen LogP contribution in [-0.2, 0) is 4.79 Å². The van der Waals surface area contributed by atoms with Crippen LogP contribution in [0.4, 0.5) is 4.79 Å². The van der Waals surface area contributed by atoms with Gasteiger partial charge in [0.15, 0.2) is 0 Å². The van der Waals surface area contributed by atoms with E-state index in [-0.39, 0.29) is 23.4 Å². The van der Waals surface area contributed by atoms with Crippen LogP contribution in [0.15, 0.2) is 12.2 Å². The molecule has 5 nitrogen and oxygen atoms in total. The number of carbonyl (C=O) groups is 2. The van der Waals surface area contributed by atoms with Gasteiger partial charge in [-0.3, -0.25) is 4.79 Å². The number of nitrogens with one attached hydrogen (secondary N) is 2. The maximum Gasteiger partial charge on any atom is 0.314 e. The Kier molecular flexibility index (Phi) is 5.23. The van der Waals surface area contributed by atoms with Crippen molar-refractivity contribution in [2.24, 2.45) is 34.5 Å². The summed E-state index contributed by atoms with van der Waals surface area (Å²) < 4.78 is 0.